The van der Waals surface area contributed by atoms with Gasteiger partial charge in [0.05, 0.1) is 0 Å². The van der Waals surface area contributed by atoms with Crippen LogP contribution < -0.4 is 0 Å². The predicted molar refractivity (Wildman–Crippen MR) is 50.1 cm³/mol. The number of aromatic amines is 1. The highest BCUT2D eigenvalue weighted by molar-refractivity contribution is 6.77. The second-order valence-electron chi connectivity index (χ2n) is 2.24. The molecule has 0 aliphatic rings. The summed E-state index contributed by atoms with van der Waals surface area (Å²) in [5, 5.41) is 8.44. The number of alkyl halides is 3. The maximum absolute atomic E-state index is 11.3. The van der Waals surface area contributed by atoms with Crippen molar-refractivity contribution in [3.63, 3.8) is 0 Å². The van der Waals surface area contributed by atoms with Crippen LogP contribution in [0.5, 0.6) is 0 Å². The number of Topliss-reactive ketones (excluding diaryl/α,β-unsaturated/α-hetero) is 1. The molecular weight excluding hydrogens is 234 g/mol. The lowest BCUT2D eigenvalue weighted by molar-refractivity contribution is 0.0996. The first-order valence-corrected chi connectivity index (χ1v) is 4.28. The van der Waals surface area contributed by atoms with Crippen LogP contribution in [-0.2, 0) is 0 Å². The molecule has 0 unspecified atom stereocenters. The largest absolute Gasteiger partial charge is 0.352 e. The first kappa shape index (κ1) is 10.4. The van der Waals surface area contributed by atoms with E-state index < -0.39 is 9.58 Å². The van der Waals surface area contributed by atoms with E-state index >= 15 is 0 Å². The summed E-state index contributed by atoms with van der Waals surface area (Å²) in [6, 6.07) is 3.14. The maximum Gasteiger partial charge on any atom is 0.253 e. The smallest absolute Gasteiger partial charge is 0.253 e. The zero-order valence-corrected chi connectivity index (χ0v) is 8.41. The summed E-state index contributed by atoms with van der Waals surface area (Å²) in [6.45, 7) is 0. The van der Waals surface area contributed by atoms with Gasteiger partial charge < -0.3 is 4.98 Å². The van der Waals surface area contributed by atoms with E-state index in [0.29, 0.717) is 0 Å². The molecule has 1 aromatic rings. The standard InChI is InChI=1S/C7H3Cl3N2O/c8-7(9,10)6(13)4-1-5(2-11)12-3-4/h1,3,12H. The van der Waals surface area contributed by atoms with E-state index in [1.807, 2.05) is 6.07 Å². The van der Waals surface area contributed by atoms with Gasteiger partial charge in [-0.2, -0.15) is 5.26 Å². The highest BCUT2D eigenvalue weighted by atomic mass is 35.6. The highest BCUT2D eigenvalue weighted by Gasteiger charge is 2.32. The van der Waals surface area contributed by atoms with Crippen LogP contribution in [0, 0.1) is 11.3 Å². The normalized spacial score (nSPS) is 10.9. The van der Waals surface area contributed by atoms with Crippen LogP contribution in [0.4, 0.5) is 0 Å². The Labute approximate surface area is 89.2 Å². The number of nitriles is 1. The average Bonchev–Trinajstić information content (AvgIpc) is 2.48. The average molecular weight is 237 g/mol. The first-order valence-electron chi connectivity index (χ1n) is 3.15. The van der Waals surface area contributed by atoms with Crippen molar-refractivity contribution < 1.29 is 4.79 Å². The van der Waals surface area contributed by atoms with E-state index in [9.17, 15) is 4.79 Å². The van der Waals surface area contributed by atoms with Crippen LogP contribution in [0.1, 0.15) is 16.1 Å². The fraction of sp³-hybridized carbons (Fsp3) is 0.143. The molecule has 0 spiro atoms. The molecule has 1 heterocycles. The van der Waals surface area contributed by atoms with Gasteiger partial charge in [0.15, 0.2) is 0 Å². The summed E-state index contributed by atoms with van der Waals surface area (Å²) in [7, 11) is 0. The molecule has 6 heteroatoms. The number of rotatable bonds is 1. The zero-order chi connectivity index (χ0) is 10.1. The van der Waals surface area contributed by atoms with Crippen molar-refractivity contribution in [2.24, 2.45) is 0 Å². The van der Waals surface area contributed by atoms with Gasteiger partial charge in [0.1, 0.15) is 11.8 Å². The number of nitrogens with zero attached hydrogens (tertiary/aromatic N) is 1. The minimum Gasteiger partial charge on any atom is -0.352 e. The Morgan fingerprint density at radius 3 is 2.54 bits per heavy atom. The molecule has 0 radical (unpaired) electrons. The fourth-order valence-electron chi connectivity index (χ4n) is 0.754. The number of hydrogen-bond acceptors (Lipinski definition) is 2. The van der Waals surface area contributed by atoms with Gasteiger partial charge in [0, 0.05) is 11.8 Å². The minimum atomic E-state index is -1.98. The second kappa shape index (κ2) is 3.59. The topological polar surface area (TPSA) is 56.6 Å². The van der Waals surface area contributed by atoms with Crippen LogP contribution in [0.15, 0.2) is 12.3 Å². The number of ketones is 1. The Hall–Kier alpha value is -0.690. The van der Waals surface area contributed by atoms with Gasteiger partial charge in [-0.25, -0.2) is 0 Å². The number of aromatic nitrogens is 1. The molecule has 0 amide bonds. The van der Waals surface area contributed by atoms with Crippen molar-refractivity contribution in [2.45, 2.75) is 3.79 Å². The van der Waals surface area contributed by atoms with Gasteiger partial charge in [-0.05, 0) is 6.07 Å². The van der Waals surface area contributed by atoms with Gasteiger partial charge >= 0.3 is 0 Å². The number of hydrogen-bond donors (Lipinski definition) is 1. The molecule has 0 aliphatic carbocycles. The van der Waals surface area contributed by atoms with E-state index in [1.165, 1.54) is 12.3 Å². The summed E-state index contributed by atoms with van der Waals surface area (Å²) in [4.78, 5) is 13.8. The first-order chi connectivity index (χ1) is 5.95. The van der Waals surface area contributed by atoms with Crippen molar-refractivity contribution >= 4 is 40.6 Å². The summed E-state index contributed by atoms with van der Waals surface area (Å²) >= 11 is 16.1. The molecule has 0 aliphatic heterocycles. The molecule has 3 nitrogen and oxygen atoms in total. The van der Waals surface area contributed by atoms with E-state index in [4.69, 9.17) is 40.1 Å². The van der Waals surface area contributed by atoms with E-state index in [2.05, 4.69) is 4.98 Å². The molecule has 1 aromatic heterocycles. The predicted octanol–water partition coefficient (Wildman–Crippen LogP) is 2.44. The van der Waals surface area contributed by atoms with Crippen molar-refractivity contribution in [1.82, 2.24) is 4.98 Å². The summed E-state index contributed by atoms with van der Waals surface area (Å²) in [5.74, 6) is -0.657. The van der Waals surface area contributed by atoms with E-state index in [0.717, 1.165) is 0 Å². The Balaban J connectivity index is 2.98. The maximum atomic E-state index is 11.3. The summed E-state index contributed by atoms with van der Waals surface area (Å²) in [6.07, 6.45) is 1.32. The molecule has 0 aromatic carbocycles. The molecule has 0 saturated carbocycles. The van der Waals surface area contributed by atoms with Gasteiger partial charge in [-0.1, -0.05) is 34.8 Å². The van der Waals surface area contributed by atoms with Gasteiger partial charge in [0.25, 0.3) is 3.79 Å². The monoisotopic (exact) mass is 236 g/mol. The quantitative estimate of drug-likeness (QED) is 0.602. The third kappa shape index (κ3) is 2.38. The van der Waals surface area contributed by atoms with Crippen molar-refractivity contribution in [3.8, 4) is 6.07 Å². The minimum absolute atomic E-state index is 0.177. The molecule has 68 valence electrons. The van der Waals surface area contributed by atoms with Crippen molar-refractivity contribution in [3.05, 3.63) is 23.5 Å². The van der Waals surface area contributed by atoms with Crippen LogP contribution >= 0.6 is 34.8 Å². The SMILES string of the molecule is N#Cc1cc(C(=O)C(Cl)(Cl)Cl)c[nH]1. The van der Waals surface area contributed by atoms with Crippen molar-refractivity contribution in [1.29, 1.82) is 5.26 Å². The lowest BCUT2D eigenvalue weighted by atomic mass is 10.2. The molecule has 13 heavy (non-hydrogen) atoms. The van der Waals surface area contributed by atoms with Crippen LogP contribution in [0.2, 0.25) is 0 Å². The third-order valence-corrected chi connectivity index (χ3v) is 1.84. The lowest BCUT2D eigenvalue weighted by Crippen LogP contribution is -2.18. The third-order valence-electron chi connectivity index (χ3n) is 1.32. The number of halogens is 3. The number of carbonyl (C=O) groups excluding carboxylic acids is 1. The molecule has 0 bridgehead atoms. The number of H-pyrrole nitrogens is 1. The van der Waals surface area contributed by atoms with Crippen LogP contribution in [-0.4, -0.2) is 14.6 Å². The summed E-state index contributed by atoms with van der Waals surface area (Å²) in [5.41, 5.74) is 0.425. The number of nitrogens with one attached hydrogen (secondary N) is 1. The van der Waals surface area contributed by atoms with Crippen LogP contribution in [0.3, 0.4) is 0 Å². The molecule has 0 fully saturated rings. The van der Waals surface area contributed by atoms with Gasteiger partial charge in [-0.3, -0.25) is 4.79 Å². The van der Waals surface area contributed by atoms with E-state index in [-0.39, 0.29) is 11.3 Å². The van der Waals surface area contributed by atoms with E-state index in [1.54, 1.807) is 0 Å². The lowest BCUT2D eigenvalue weighted by Gasteiger charge is -2.06. The second-order valence-corrected chi connectivity index (χ2v) is 4.52. The van der Waals surface area contributed by atoms with Gasteiger partial charge in [0.2, 0.25) is 5.78 Å². The molecule has 1 rings (SSSR count). The Kier molecular flexibility index (Phi) is 2.87. The molecule has 0 saturated heterocycles. The fourth-order valence-corrected chi connectivity index (χ4v) is 1.08. The van der Waals surface area contributed by atoms with Gasteiger partial charge in [-0.15, -0.1) is 0 Å². The Bertz CT molecular complexity index is 372. The summed E-state index contributed by atoms with van der Waals surface area (Å²) < 4.78 is -1.98. The molecule has 1 N–H and O–H groups in total. The molecular formula is C7H3Cl3N2O. The highest BCUT2D eigenvalue weighted by Crippen LogP contribution is 2.30. The Morgan fingerprint density at radius 2 is 2.15 bits per heavy atom. The zero-order valence-electron chi connectivity index (χ0n) is 6.14. The number of carbonyl (C=O) groups is 1. The van der Waals surface area contributed by atoms with Crippen LogP contribution in [0.25, 0.3) is 0 Å². The van der Waals surface area contributed by atoms with Crippen molar-refractivity contribution in [2.75, 3.05) is 0 Å². The molecule has 0 atom stereocenters. The Morgan fingerprint density at radius 1 is 1.54 bits per heavy atom.